The summed E-state index contributed by atoms with van der Waals surface area (Å²) in [6, 6.07) is 16.9. The molecule has 11 heteroatoms. The van der Waals surface area contributed by atoms with Gasteiger partial charge in [0.2, 0.25) is 11.8 Å². The van der Waals surface area contributed by atoms with Crippen LogP contribution in [0, 0.1) is 5.82 Å². The minimum Gasteiger partial charge on any atom is -0.494 e. The quantitative estimate of drug-likeness (QED) is 0.235. The van der Waals surface area contributed by atoms with Crippen LogP contribution in [0.2, 0.25) is 5.02 Å². The van der Waals surface area contributed by atoms with E-state index in [0.717, 1.165) is 66.2 Å². The highest BCUT2D eigenvalue weighted by Crippen LogP contribution is 2.27. The molecule has 1 N–H and O–H groups in total. The Morgan fingerprint density at radius 1 is 0.955 bits per heavy atom. The molecule has 44 heavy (non-hydrogen) atoms. The van der Waals surface area contributed by atoms with E-state index >= 15 is 0 Å². The molecule has 2 amide bonds. The minimum absolute atomic E-state index is 0.0389. The third kappa shape index (κ3) is 8.51. The maximum absolute atomic E-state index is 14.2. The fourth-order valence-electron chi connectivity index (χ4n) is 5.39. The lowest BCUT2D eigenvalue weighted by Gasteiger charge is -2.34. The molecule has 0 unspecified atom stereocenters. The minimum atomic E-state index is -4.32. The number of hydrogen-bond acceptors (Lipinski definition) is 5. The molecule has 3 aromatic carbocycles. The van der Waals surface area contributed by atoms with Crippen LogP contribution in [0.4, 0.5) is 10.1 Å². The lowest BCUT2D eigenvalue weighted by Crippen LogP contribution is -2.54. The van der Waals surface area contributed by atoms with Gasteiger partial charge in [0.25, 0.3) is 10.0 Å². The number of carbonyl (C=O) groups excluding carboxylic acids is 2. The molecule has 0 aliphatic heterocycles. The Hall–Kier alpha value is -3.63. The normalized spacial score (nSPS) is 14.5. The lowest BCUT2D eigenvalue weighted by atomic mass is 9.95. The fraction of sp³-hybridized carbons (Fsp3) is 0.394. The van der Waals surface area contributed by atoms with Gasteiger partial charge < -0.3 is 15.0 Å². The van der Waals surface area contributed by atoms with E-state index in [0.29, 0.717) is 23.8 Å². The summed E-state index contributed by atoms with van der Waals surface area (Å²) in [5.41, 5.74) is 0.956. The first-order valence-corrected chi connectivity index (χ1v) is 16.8. The summed E-state index contributed by atoms with van der Waals surface area (Å²) in [7, 11) is -4.32. The van der Waals surface area contributed by atoms with E-state index in [-0.39, 0.29) is 29.1 Å². The number of carbonyl (C=O) groups is 2. The van der Waals surface area contributed by atoms with Crippen molar-refractivity contribution < 1.29 is 27.1 Å². The maximum atomic E-state index is 14.2. The summed E-state index contributed by atoms with van der Waals surface area (Å²) < 4.78 is 48.1. The van der Waals surface area contributed by atoms with Gasteiger partial charge in [-0.2, -0.15) is 0 Å². The van der Waals surface area contributed by atoms with Gasteiger partial charge in [0, 0.05) is 17.6 Å². The van der Waals surface area contributed by atoms with Crippen molar-refractivity contribution >= 4 is 39.1 Å². The summed E-state index contributed by atoms with van der Waals surface area (Å²) in [4.78, 5) is 29.1. The monoisotopic (exact) mass is 643 g/mol. The smallest absolute Gasteiger partial charge is 0.264 e. The van der Waals surface area contributed by atoms with Crippen LogP contribution in [0.1, 0.15) is 57.9 Å². The standard InChI is InChI=1S/C33H39ClFN3O5S/c1-3-31(33(40)36-27-8-6-5-7-9-27)37(22-24-10-12-25(34)13-11-24)32(39)23-38(28-16-18-29(19-17-28)43-4-2)44(41,42)30-20-14-26(35)15-21-30/h10-21,27,31H,3-9,22-23H2,1-2H3,(H,36,40)/t31-/m1/s1. The highest BCUT2D eigenvalue weighted by atomic mass is 35.5. The number of rotatable bonds is 13. The van der Waals surface area contributed by atoms with Gasteiger partial charge in [-0.15, -0.1) is 0 Å². The topological polar surface area (TPSA) is 96.0 Å². The number of amides is 2. The Balaban J connectivity index is 1.70. The first kappa shape index (κ1) is 33.3. The maximum Gasteiger partial charge on any atom is 0.264 e. The average molecular weight is 644 g/mol. The van der Waals surface area contributed by atoms with Crippen LogP contribution in [0.25, 0.3) is 0 Å². The summed E-state index contributed by atoms with van der Waals surface area (Å²) in [6.45, 7) is 3.57. The molecular formula is C33H39ClFN3O5S. The fourth-order valence-corrected chi connectivity index (χ4v) is 6.93. The van der Waals surface area contributed by atoms with Crippen molar-refractivity contribution in [2.75, 3.05) is 17.5 Å². The molecule has 4 rings (SSSR count). The number of nitrogens with one attached hydrogen (secondary N) is 1. The van der Waals surface area contributed by atoms with Crippen LogP contribution in [0.5, 0.6) is 5.75 Å². The summed E-state index contributed by atoms with van der Waals surface area (Å²) in [6.07, 6.45) is 5.30. The van der Waals surface area contributed by atoms with Crippen LogP contribution in [-0.2, 0) is 26.2 Å². The van der Waals surface area contributed by atoms with Crippen LogP contribution >= 0.6 is 11.6 Å². The second-order valence-corrected chi connectivity index (χ2v) is 13.1. The molecule has 1 fully saturated rings. The predicted octanol–water partition coefficient (Wildman–Crippen LogP) is 6.33. The van der Waals surface area contributed by atoms with Crippen LogP contribution in [-0.4, -0.2) is 50.4 Å². The first-order chi connectivity index (χ1) is 21.1. The number of nitrogens with zero attached hydrogens (tertiary/aromatic N) is 2. The number of halogens is 2. The van der Waals surface area contributed by atoms with Crippen molar-refractivity contribution in [1.29, 1.82) is 0 Å². The van der Waals surface area contributed by atoms with Crippen LogP contribution in [0.15, 0.2) is 77.7 Å². The molecule has 0 radical (unpaired) electrons. The van der Waals surface area contributed by atoms with E-state index in [2.05, 4.69) is 5.32 Å². The lowest BCUT2D eigenvalue weighted by molar-refractivity contribution is -0.140. The molecule has 1 aliphatic carbocycles. The SMILES string of the molecule is CCOc1ccc(N(CC(=O)N(Cc2ccc(Cl)cc2)[C@H](CC)C(=O)NC2CCCCC2)S(=O)(=O)c2ccc(F)cc2)cc1. The summed E-state index contributed by atoms with van der Waals surface area (Å²) >= 11 is 6.09. The van der Waals surface area contributed by atoms with Gasteiger partial charge in [-0.05, 0) is 92.4 Å². The molecule has 0 aromatic heterocycles. The predicted molar refractivity (Wildman–Crippen MR) is 170 cm³/mol. The Kier molecular flexibility index (Phi) is 11.6. The average Bonchev–Trinajstić information content (AvgIpc) is 3.02. The zero-order valence-electron chi connectivity index (χ0n) is 25.0. The highest BCUT2D eigenvalue weighted by Gasteiger charge is 2.34. The molecule has 0 saturated heterocycles. The molecule has 0 heterocycles. The number of benzene rings is 3. The Labute approximate surface area is 264 Å². The van der Waals surface area contributed by atoms with Crippen molar-refractivity contribution in [2.45, 2.75) is 75.9 Å². The number of hydrogen-bond donors (Lipinski definition) is 1. The van der Waals surface area contributed by atoms with Crippen LogP contribution < -0.4 is 14.4 Å². The van der Waals surface area contributed by atoms with Gasteiger partial charge in [-0.3, -0.25) is 13.9 Å². The third-order valence-corrected chi connectivity index (χ3v) is 9.76. The molecule has 8 nitrogen and oxygen atoms in total. The molecular weight excluding hydrogens is 605 g/mol. The molecule has 236 valence electrons. The van der Waals surface area contributed by atoms with E-state index in [1.165, 1.54) is 4.90 Å². The molecule has 0 bridgehead atoms. The Morgan fingerprint density at radius 2 is 1.59 bits per heavy atom. The third-order valence-electron chi connectivity index (χ3n) is 7.72. The summed E-state index contributed by atoms with van der Waals surface area (Å²) in [5, 5.41) is 3.66. The van der Waals surface area contributed by atoms with Gasteiger partial charge in [-0.1, -0.05) is 49.9 Å². The van der Waals surface area contributed by atoms with Crippen molar-refractivity contribution in [3.63, 3.8) is 0 Å². The van der Waals surface area contributed by atoms with Crippen molar-refractivity contribution in [3.05, 3.63) is 89.2 Å². The van der Waals surface area contributed by atoms with E-state index in [1.807, 2.05) is 13.8 Å². The van der Waals surface area contributed by atoms with Crippen LogP contribution in [0.3, 0.4) is 0 Å². The second kappa shape index (κ2) is 15.4. The molecule has 1 aliphatic rings. The largest absolute Gasteiger partial charge is 0.494 e. The number of sulfonamides is 1. The molecule has 0 spiro atoms. The van der Waals surface area contributed by atoms with E-state index in [9.17, 15) is 22.4 Å². The number of ether oxygens (including phenoxy) is 1. The molecule has 1 atom stereocenters. The van der Waals surface area contributed by atoms with Gasteiger partial charge in [0.1, 0.15) is 24.2 Å². The van der Waals surface area contributed by atoms with Gasteiger partial charge in [0.15, 0.2) is 0 Å². The Morgan fingerprint density at radius 3 is 2.18 bits per heavy atom. The van der Waals surface area contributed by atoms with Crippen molar-refractivity contribution in [3.8, 4) is 5.75 Å². The van der Waals surface area contributed by atoms with E-state index in [4.69, 9.17) is 16.3 Å². The second-order valence-electron chi connectivity index (χ2n) is 10.8. The molecule has 3 aromatic rings. The van der Waals surface area contributed by atoms with E-state index < -0.39 is 34.3 Å². The highest BCUT2D eigenvalue weighted by molar-refractivity contribution is 7.92. The van der Waals surface area contributed by atoms with Gasteiger partial charge >= 0.3 is 0 Å². The number of anilines is 1. The van der Waals surface area contributed by atoms with Gasteiger partial charge in [-0.25, -0.2) is 12.8 Å². The van der Waals surface area contributed by atoms with Crippen molar-refractivity contribution in [2.24, 2.45) is 0 Å². The van der Waals surface area contributed by atoms with Gasteiger partial charge in [0.05, 0.1) is 17.2 Å². The summed E-state index contributed by atoms with van der Waals surface area (Å²) in [5.74, 6) is -0.881. The Bertz CT molecular complexity index is 1500. The first-order valence-electron chi connectivity index (χ1n) is 15.0. The molecule has 1 saturated carbocycles. The zero-order valence-corrected chi connectivity index (χ0v) is 26.6. The van der Waals surface area contributed by atoms with Crippen molar-refractivity contribution in [1.82, 2.24) is 10.2 Å². The zero-order chi connectivity index (χ0) is 31.7. The van der Waals surface area contributed by atoms with E-state index in [1.54, 1.807) is 48.5 Å².